The average molecular weight is 381 g/mol. The molecule has 2 aromatic rings. The molecule has 26 heavy (non-hydrogen) atoms. The molecule has 0 spiro atoms. The molecule has 7 nitrogen and oxygen atoms in total. The third-order valence-corrected chi connectivity index (χ3v) is 5.13. The minimum atomic E-state index is -1.62. The lowest BCUT2D eigenvalue weighted by Crippen LogP contribution is -2.22. The fourth-order valence-corrected chi connectivity index (χ4v) is 3.64. The van der Waals surface area contributed by atoms with E-state index in [9.17, 15) is 13.0 Å². The van der Waals surface area contributed by atoms with Crippen LogP contribution in [0.25, 0.3) is 17.6 Å². The van der Waals surface area contributed by atoms with Crippen molar-refractivity contribution in [2.24, 2.45) is 0 Å². The quantitative estimate of drug-likeness (QED) is 0.823. The Kier molecular flexibility index (Phi) is 4.53. The molecule has 2 aromatic heterocycles. The molecule has 138 valence electrons. The fraction of sp³-hybridized carbons (Fsp3) is 0.438. The maximum absolute atomic E-state index is 13.9. The molecule has 2 atom stereocenters. The zero-order chi connectivity index (χ0) is 18.3. The number of anilines is 1. The topological polar surface area (TPSA) is 81.9 Å². The van der Waals surface area contributed by atoms with Crippen LogP contribution >= 0.6 is 0 Å². The summed E-state index contributed by atoms with van der Waals surface area (Å²) in [5, 5.41) is 7.32. The van der Waals surface area contributed by atoms with E-state index in [0.29, 0.717) is 23.7 Å². The van der Waals surface area contributed by atoms with Gasteiger partial charge in [0.15, 0.2) is 22.9 Å². The van der Waals surface area contributed by atoms with Crippen LogP contribution in [-0.2, 0) is 15.5 Å². The summed E-state index contributed by atoms with van der Waals surface area (Å²) in [5.41, 5.74) is 0.769. The molecule has 0 aliphatic carbocycles. The first-order chi connectivity index (χ1) is 12.5. The SMILES string of the molecule is CS(=O)c1nc(-c2nn(C3CCCCO3)c3c2C=C(F)CN3)ncc1F. The van der Waals surface area contributed by atoms with Gasteiger partial charge in [0.2, 0.25) is 0 Å². The van der Waals surface area contributed by atoms with Crippen molar-refractivity contribution in [1.29, 1.82) is 0 Å². The third-order valence-electron chi connectivity index (χ3n) is 4.30. The van der Waals surface area contributed by atoms with Crippen molar-refractivity contribution in [3.8, 4) is 11.5 Å². The Balaban J connectivity index is 1.85. The fourth-order valence-electron chi connectivity index (χ4n) is 3.09. The highest BCUT2D eigenvalue weighted by Crippen LogP contribution is 2.36. The van der Waals surface area contributed by atoms with Gasteiger partial charge in [-0.2, -0.15) is 5.10 Å². The maximum atomic E-state index is 13.9. The van der Waals surface area contributed by atoms with Crippen molar-refractivity contribution >= 4 is 22.7 Å². The molecule has 0 bridgehead atoms. The average Bonchev–Trinajstić information content (AvgIpc) is 3.01. The molecule has 0 aromatic carbocycles. The van der Waals surface area contributed by atoms with Gasteiger partial charge in [-0.25, -0.2) is 23.4 Å². The van der Waals surface area contributed by atoms with Crippen LogP contribution in [-0.4, -0.2) is 43.4 Å². The normalized spacial score (nSPS) is 20.9. The van der Waals surface area contributed by atoms with Crippen LogP contribution in [0.5, 0.6) is 0 Å². The van der Waals surface area contributed by atoms with Crippen LogP contribution in [0.1, 0.15) is 31.1 Å². The summed E-state index contributed by atoms with van der Waals surface area (Å²) in [6, 6.07) is 0. The first-order valence-electron chi connectivity index (χ1n) is 8.25. The van der Waals surface area contributed by atoms with Gasteiger partial charge in [-0.3, -0.25) is 4.21 Å². The molecule has 1 fully saturated rings. The number of nitrogens with one attached hydrogen (secondary N) is 1. The van der Waals surface area contributed by atoms with E-state index in [-0.39, 0.29) is 29.4 Å². The molecular formula is C16H17F2N5O2S. The van der Waals surface area contributed by atoms with Gasteiger partial charge >= 0.3 is 0 Å². The summed E-state index contributed by atoms with van der Waals surface area (Å²) in [5.74, 6) is -0.404. The molecule has 0 amide bonds. The lowest BCUT2D eigenvalue weighted by atomic mass is 10.1. The molecule has 0 saturated carbocycles. The Hall–Kier alpha value is -2.20. The van der Waals surface area contributed by atoms with E-state index in [0.717, 1.165) is 25.5 Å². The second-order valence-electron chi connectivity index (χ2n) is 6.12. The molecule has 4 heterocycles. The van der Waals surface area contributed by atoms with Gasteiger partial charge in [-0.15, -0.1) is 0 Å². The van der Waals surface area contributed by atoms with Gasteiger partial charge in [-0.1, -0.05) is 0 Å². The van der Waals surface area contributed by atoms with E-state index < -0.39 is 16.6 Å². The van der Waals surface area contributed by atoms with Crippen LogP contribution in [0.15, 0.2) is 17.0 Å². The molecule has 1 saturated heterocycles. The second-order valence-corrected chi connectivity index (χ2v) is 7.42. The predicted octanol–water partition coefficient (Wildman–Crippen LogP) is 2.65. The van der Waals surface area contributed by atoms with Crippen molar-refractivity contribution in [3.05, 3.63) is 23.4 Å². The lowest BCUT2D eigenvalue weighted by Gasteiger charge is -2.25. The van der Waals surface area contributed by atoms with E-state index in [4.69, 9.17) is 4.74 Å². The number of ether oxygens (including phenoxy) is 1. The highest BCUT2D eigenvalue weighted by molar-refractivity contribution is 7.84. The van der Waals surface area contributed by atoms with E-state index in [1.54, 1.807) is 4.68 Å². The Morgan fingerprint density at radius 3 is 2.96 bits per heavy atom. The van der Waals surface area contributed by atoms with Gasteiger partial charge < -0.3 is 10.1 Å². The van der Waals surface area contributed by atoms with E-state index in [1.165, 1.54) is 12.3 Å². The first-order valence-corrected chi connectivity index (χ1v) is 9.81. The van der Waals surface area contributed by atoms with Crippen LogP contribution in [0.4, 0.5) is 14.6 Å². The number of nitrogens with zero attached hydrogens (tertiary/aromatic N) is 4. The molecule has 2 aliphatic heterocycles. The molecule has 2 unspecified atom stereocenters. The molecule has 4 rings (SSSR count). The van der Waals surface area contributed by atoms with Crippen molar-refractivity contribution < 1.29 is 17.7 Å². The zero-order valence-corrected chi connectivity index (χ0v) is 14.9. The van der Waals surface area contributed by atoms with Gasteiger partial charge in [-0.05, 0) is 25.3 Å². The van der Waals surface area contributed by atoms with Crippen LogP contribution in [0, 0.1) is 5.82 Å². The minimum absolute atomic E-state index is 0.0549. The smallest absolute Gasteiger partial charge is 0.182 e. The van der Waals surface area contributed by atoms with E-state index >= 15 is 0 Å². The number of hydrogen-bond donors (Lipinski definition) is 1. The highest BCUT2D eigenvalue weighted by Gasteiger charge is 2.28. The number of fused-ring (bicyclic) bond motifs is 1. The zero-order valence-electron chi connectivity index (χ0n) is 14.0. The standard InChI is InChI=1S/C16H17F2N5O2S/c1-26(24)16-11(18)8-19-14(21-16)13-10-6-9(17)7-20-15(10)23(22-13)12-4-2-3-5-25-12/h6,8,12,20H,2-5,7H2,1H3. The van der Waals surface area contributed by atoms with Gasteiger partial charge in [0.25, 0.3) is 0 Å². The Morgan fingerprint density at radius 2 is 2.23 bits per heavy atom. The first kappa shape index (κ1) is 17.2. The van der Waals surface area contributed by atoms with Crippen LogP contribution in [0.2, 0.25) is 0 Å². The number of aromatic nitrogens is 4. The Labute approximate surface area is 150 Å². The number of halogens is 2. The monoisotopic (exact) mass is 381 g/mol. The summed E-state index contributed by atoms with van der Waals surface area (Å²) < 4.78 is 46.8. The predicted molar refractivity (Wildman–Crippen MR) is 92.0 cm³/mol. The second kappa shape index (κ2) is 6.84. The van der Waals surface area contributed by atoms with Gasteiger partial charge in [0.05, 0.1) is 29.1 Å². The maximum Gasteiger partial charge on any atom is 0.182 e. The summed E-state index contributed by atoms with van der Waals surface area (Å²) in [4.78, 5) is 8.02. The molecular weight excluding hydrogens is 364 g/mol. The van der Waals surface area contributed by atoms with Crippen LogP contribution < -0.4 is 5.32 Å². The van der Waals surface area contributed by atoms with Gasteiger partial charge in [0, 0.05) is 12.9 Å². The summed E-state index contributed by atoms with van der Waals surface area (Å²) in [6.07, 6.45) is 6.16. The van der Waals surface area contributed by atoms with E-state index in [2.05, 4.69) is 20.4 Å². The van der Waals surface area contributed by atoms with Crippen molar-refractivity contribution in [1.82, 2.24) is 19.7 Å². The van der Waals surface area contributed by atoms with Crippen molar-refractivity contribution in [2.75, 3.05) is 24.7 Å². The molecule has 10 heteroatoms. The minimum Gasteiger partial charge on any atom is -0.363 e. The third kappa shape index (κ3) is 3.03. The van der Waals surface area contributed by atoms with Gasteiger partial charge in [0.1, 0.15) is 17.3 Å². The Morgan fingerprint density at radius 1 is 1.38 bits per heavy atom. The molecule has 2 aliphatic rings. The number of rotatable bonds is 3. The largest absolute Gasteiger partial charge is 0.363 e. The lowest BCUT2D eigenvalue weighted by molar-refractivity contribution is -0.0380. The van der Waals surface area contributed by atoms with Crippen molar-refractivity contribution in [3.63, 3.8) is 0 Å². The summed E-state index contributed by atoms with van der Waals surface area (Å²) >= 11 is 0. The summed E-state index contributed by atoms with van der Waals surface area (Å²) in [7, 11) is -1.62. The molecule has 0 radical (unpaired) electrons. The Bertz CT molecular complexity index is 908. The highest BCUT2D eigenvalue weighted by atomic mass is 32.2. The van der Waals surface area contributed by atoms with Crippen LogP contribution in [0.3, 0.4) is 0 Å². The molecule has 1 N–H and O–H groups in total. The summed E-state index contributed by atoms with van der Waals surface area (Å²) in [6.45, 7) is 0.685. The van der Waals surface area contributed by atoms with Crippen molar-refractivity contribution in [2.45, 2.75) is 30.5 Å². The van der Waals surface area contributed by atoms with E-state index in [1.807, 2.05) is 0 Å². The number of hydrogen-bond acceptors (Lipinski definition) is 6.